The van der Waals surface area contributed by atoms with Gasteiger partial charge in [-0.3, -0.25) is 4.79 Å². The molecule has 2 saturated heterocycles. The van der Waals surface area contributed by atoms with E-state index in [0.717, 1.165) is 32.2 Å². The molecule has 0 aromatic rings. The van der Waals surface area contributed by atoms with Crippen molar-refractivity contribution in [3.8, 4) is 0 Å². The van der Waals surface area contributed by atoms with Gasteiger partial charge in [0.25, 0.3) is 0 Å². The summed E-state index contributed by atoms with van der Waals surface area (Å²) in [5.74, 6) is -0.855. The molecule has 0 spiro atoms. The van der Waals surface area contributed by atoms with Gasteiger partial charge in [-0.25, -0.2) is 4.79 Å². The molecule has 7 nitrogen and oxygen atoms in total. The smallest absolute Gasteiger partial charge is 0.320 e. The van der Waals surface area contributed by atoms with E-state index in [1.54, 1.807) is 4.90 Å². The van der Waals surface area contributed by atoms with Crippen LogP contribution in [0.4, 0.5) is 4.79 Å². The highest BCUT2D eigenvalue weighted by molar-refractivity contribution is 5.75. The van der Waals surface area contributed by atoms with Crippen LogP contribution in [0.25, 0.3) is 0 Å². The maximum absolute atomic E-state index is 12.4. The van der Waals surface area contributed by atoms with Crippen LogP contribution in [0.15, 0.2) is 0 Å². The fraction of sp³-hybridized carbons (Fsp3) is 0.857. The molecule has 2 N–H and O–H groups in total. The molecular formula is C14H24N2O5. The minimum absolute atomic E-state index is 0.00976. The first-order chi connectivity index (χ1) is 10.1. The summed E-state index contributed by atoms with van der Waals surface area (Å²) in [5, 5.41) is 17.9. The Kier molecular flexibility index (Phi) is 5.81. The van der Waals surface area contributed by atoms with E-state index < -0.39 is 5.97 Å². The van der Waals surface area contributed by atoms with Gasteiger partial charge in [-0.2, -0.15) is 0 Å². The molecule has 120 valence electrons. The third kappa shape index (κ3) is 4.31. The predicted molar refractivity (Wildman–Crippen MR) is 75.0 cm³/mol. The molecule has 1 atom stereocenters. The molecule has 0 aliphatic carbocycles. The van der Waals surface area contributed by atoms with Crippen LogP contribution in [0, 0.1) is 0 Å². The first-order valence-corrected chi connectivity index (χ1v) is 7.61. The highest BCUT2D eigenvalue weighted by Gasteiger charge is 2.33. The topological polar surface area (TPSA) is 90.3 Å². The van der Waals surface area contributed by atoms with Crippen LogP contribution in [0.5, 0.6) is 0 Å². The Balaban J connectivity index is 1.73. The SMILES string of the molecule is O=C(O)CCOC1CCN(C(=O)N2CCCC2CO)CC1. The van der Waals surface area contributed by atoms with Gasteiger partial charge < -0.3 is 24.7 Å². The quantitative estimate of drug-likeness (QED) is 0.772. The fourth-order valence-electron chi connectivity index (χ4n) is 2.99. The number of likely N-dealkylation sites (tertiary alicyclic amines) is 2. The fourth-order valence-corrected chi connectivity index (χ4v) is 2.99. The molecule has 1 unspecified atom stereocenters. The normalized spacial score (nSPS) is 23.6. The minimum Gasteiger partial charge on any atom is -0.481 e. The Morgan fingerprint density at radius 3 is 2.48 bits per heavy atom. The number of carboxylic acid groups (broad SMARTS) is 1. The molecule has 2 rings (SSSR count). The summed E-state index contributed by atoms with van der Waals surface area (Å²) in [5.41, 5.74) is 0. The van der Waals surface area contributed by atoms with E-state index in [0.29, 0.717) is 13.1 Å². The van der Waals surface area contributed by atoms with Gasteiger partial charge in [0.1, 0.15) is 0 Å². The number of aliphatic hydroxyl groups is 1. The number of urea groups is 1. The van der Waals surface area contributed by atoms with Gasteiger partial charge in [-0.1, -0.05) is 0 Å². The predicted octanol–water partition coefficient (Wildman–Crippen LogP) is 0.519. The molecule has 0 aromatic heterocycles. The van der Waals surface area contributed by atoms with E-state index in [9.17, 15) is 14.7 Å². The number of carbonyl (C=O) groups is 2. The van der Waals surface area contributed by atoms with Gasteiger partial charge >= 0.3 is 12.0 Å². The molecule has 2 aliphatic rings. The van der Waals surface area contributed by atoms with E-state index in [1.807, 2.05) is 4.90 Å². The largest absolute Gasteiger partial charge is 0.481 e. The third-order valence-corrected chi connectivity index (χ3v) is 4.22. The first-order valence-electron chi connectivity index (χ1n) is 7.61. The van der Waals surface area contributed by atoms with Crippen molar-refractivity contribution < 1.29 is 24.5 Å². The second-order valence-corrected chi connectivity index (χ2v) is 5.66. The van der Waals surface area contributed by atoms with E-state index in [-0.39, 0.29) is 37.8 Å². The number of carbonyl (C=O) groups excluding carboxylic acids is 1. The Labute approximate surface area is 124 Å². The summed E-state index contributed by atoms with van der Waals surface area (Å²) in [6, 6.07) is -0.0300. The standard InChI is InChI=1S/C14H24N2O5/c17-10-11-2-1-6-16(11)14(20)15-7-3-12(4-8-15)21-9-5-13(18)19/h11-12,17H,1-10H2,(H,18,19). The second-order valence-electron chi connectivity index (χ2n) is 5.66. The molecule has 2 aliphatic heterocycles. The van der Waals surface area contributed by atoms with Crippen molar-refractivity contribution in [2.24, 2.45) is 0 Å². The van der Waals surface area contributed by atoms with E-state index >= 15 is 0 Å². The molecule has 21 heavy (non-hydrogen) atoms. The number of rotatable bonds is 5. The van der Waals surface area contributed by atoms with E-state index in [4.69, 9.17) is 9.84 Å². The molecule has 0 bridgehead atoms. The van der Waals surface area contributed by atoms with Crippen molar-refractivity contribution >= 4 is 12.0 Å². The van der Waals surface area contributed by atoms with Crippen LogP contribution in [0.2, 0.25) is 0 Å². The Morgan fingerprint density at radius 2 is 1.86 bits per heavy atom. The molecular weight excluding hydrogens is 276 g/mol. The van der Waals surface area contributed by atoms with Crippen LogP contribution in [0.1, 0.15) is 32.1 Å². The van der Waals surface area contributed by atoms with Crippen molar-refractivity contribution in [1.29, 1.82) is 0 Å². The zero-order valence-corrected chi connectivity index (χ0v) is 12.2. The third-order valence-electron chi connectivity index (χ3n) is 4.22. The van der Waals surface area contributed by atoms with E-state index in [2.05, 4.69) is 0 Å². The summed E-state index contributed by atoms with van der Waals surface area (Å²) >= 11 is 0. The number of aliphatic hydroxyl groups excluding tert-OH is 1. The maximum atomic E-state index is 12.4. The summed E-state index contributed by atoms with van der Waals surface area (Å²) < 4.78 is 5.52. The Hall–Kier alpha value is -1.34. The second kappa shape index (κ2) is 7.61. The minimum atomic E-state index is -0.855. The zero-order valence-electron chi connectivity index (χ0n) is 12.2. The molecule has 7 heteroatoms. The number of nitrogens with zero attached hydrogens (tertiary/aromatic N) is 2. The van der Waals surface area contributed by atoms with Gasteiger partial charge in [0.15, 0.2) is 0 Å². The number of hydrogen-bond acceptors (Lipinski definition) is 4. The summed E-state index contributed by atoms with van der Waals surface area (Å²) in [7, 11) is 0. The lowest BCUT2D eigenvalue weighted by molar-refractivity contribution is -0.138. The van der Waals surface area contributed by atoms with Gasteiger partial charge in [-0.05, 0) is 25.7 Å². The summed E-state index contributed by atoms with van der Waals surface area (Å²) in [6.45, 7) is 2.24. The van der Waals surface area contributed by atoms with Crippen LogP contribution >= 0.6 is 0 Å². The van der Waals surface area contributed by atoms with Gasteiger partial charge in [-0.15, -0.1) is 0 Å². The summed E-state index contributed by atoms with van der Waals surface area (Å²) in [6.07, 6.45) is 3.36. The van der Waals surface area contributed by atoms with Crippen molar-refractivity contribution in [2.45, 2.75) is 44.2 Å². The highest BCUT2D eigenvalue weighted by atomic mass is 16.5. The van der Waals surface area contributed by atoms with Crippen LogP contribution in [0.3, 0.4) is 0 Å². The molecule has 2 amide bonds. The van der Waals surface area contributed by atoms with Gasteiger partial charge in [0, 0.05) is 19.6 Å². The number of aliphatic carboxylic acids is 1. The molecule has 2 heterocycles. The number of amides is 2. The molecule has 0 aromatic carbocycles. The van der Waals surface area contributed by atoms with Crippen molar-refractivity contribution in [3.05, 3.63) is 0 Å². The molecule has 0 saturated carbocycles. The van der Waals surface area contributed by atoms with Crippen molar-refractivity contribution in [3.63, 3.8) is 0 Å². The lowest BCUT2D eigenvalue weighted by Gasteiger charge is -2.36. The zero-order chi connectivity index (χ0) is 15.2. The van der Waals surface area contributed by atoms with Crippen molar-refractivity contribution in [1.82, 2.24) is 9.80 Å². The lowest BCUT2D eigenvalue weighted by atomic mass is 10.1. The Bertz CT molecular complexity index is 368. The highest BCUT2D eigenvalue weighted by Crippen LogP contribution is 2.21. The average Bonchev–Trinajstić information content (AvgIpc) is 2.95. The lowest BCUT2D eigenvalue weighted by Crippen LogP contribution is -2.50. The monoisotopic (exact) mass is 300 g/mol. The van der Waals surface area contributed by atoms with Gasteiger partial charge in [0.2, 0.25) is 0 Å². The molecule has 2 fully saturated rings. The van der Waals surface area contributed by atoms with Crippen LogP contribution < -0.4 is 0 Å². The maximum Gasteiger partial charge on any atom is 0.320 e. The summed E-state index contributed by atoms with van der Waals surface area (Å²) in [4.78, 5) is 26.4. The Morgan fingerprint density at radius 1 is 1.14 bits per heavy atom. The number of piperidine rings is 1. The number of carboxylic acids is 1. The number of ether oxygens (including phenoxy) is 1. The van der Waals surface area contributed by atoms with E-state index in [1.165, 1.54) is 0 Å². The van der Waals surface area contributed by atoms with Crippen molar-refractivity contribution in [2.75, 3.05) is 32.8 Å². The molecule has 0 radical (unpaired) electrons. The number of hydrogen-bond donors (Lipinski definition) is 2. The van der Waals surface area contributed by atoms with Gasteiger partial charge in [0.05, 0.1) is 31.8 Å². The average molecular weight is 300 g/mol. The first kappa shape index (κ1) is 16.0. The van der Waals surface area contributed by atoms with Crippen LogP contribution in [-0.4, -0.2) is 77.0 Å². The van der Waals surface area contributed by atoms with Crippen LogP contribution in [-0.2, 0) is 9.53 Å².